The van der Waals surface area contributed by atoms with Crippen molar-refractivity contribution >= 4 is 23.8 Å². The zero-order valence-electron chi connectivity index (χ0n) is 18.0. The predicted octanol–water partition coefficient (Wildman–Crippen LogP) is 5.38. The van der Waals surface area contributed by atoms with Crippen LogP contribution in [0.25, 0.3) is 11.4 Å². The van der Waals surface area contributed by atoms with Crippen LogP contribution in [0.1, 0.15) is 44.1 Å². The predicted molar refractivity (Wildman–Crippen MR) is 124 cm³/mol. The highest BCUT2D eigenvalue weighted by Crippen LogP contribution is 2.46. The number of aromatic amines is 1. The smallest absolute Gasteiger partial charge is 0.251 e. The molecule has 2 aromatic carbocycles. The first-order valence-corrected chi connectivity index (χ1v) is 11.5. The first-order chi connectivity index (χ1) is 15.5. The molecule has 1 aliphatic heterocycles. The van der Waals surface area contributed by atoms with E-state index < -0.39 is 5.79 Å². The molecule has 5 rings (SSSR count). The van der Waals surface area contributed by atoms with Gasteiger partial charge in [-0.25, -0.2) is 0 Å². The van der Waals surface area contributed by atoms with Gasteiger partial charge in [0.1, 0.15) is 0 Å². The standard InChI is InChI=1S/C24H26N4O3S/c1-16-5-7-17(8-6-16)22-26-27-23(32)28(22)14-11-21(29)25-18-9-10-19-20(15-18)31-24(30-19)12-3-2-4-13-24/h5-10,15H,2-4,11-14H2,1H3,(H,25,29)(H,27,32). The molecule has 0 saturated heterocycles. The number of nitrogens with zero attached hydrogens (tertiary/aromatic N) is 2. The molecular weight excluding hydrogens is 424 g/mol. The molecule has 1 saturated carbocycles. The first-order valence-electron chi connectivity index (χ1n) is 11.1. The third-order valence-electron chi connectivity index (χ3n) is 6.07. The zero-order chi connectivity index (χ0) is 22.1. The Bertz CT molecular complexity index is 1190. The fraction of sp³-hybridized carbons (Fsp3) is 0.375. The lowest BCUT2D eigenvalue weighted by Crippen LogP contribution is -2.40. The summed E-state index contributed by atoms with van der Waals surface area (Å²) >= 11 is 5.38. The van der Waals surface area contributed by atoms with Crippen molar-refractivity contribution in [3.63, 3.8) is 0 Å². The average molecular weight is 451 g/mol. The summed E-state index contributed by atoms with van der Waals surface area (Å²) in [6.45, 7) is 2.47. The van der Waals surface area contributed by atoms with Crippen molar-refractivity contribution < 1.29 is 14.3 Å². The number of hydrogen-bond acceptors (Lipinski definition) is 5. The molecule has 0 radical (unpaired) electrons. The summed E-state index contributed by atoms with van der Waals surface area (Å²) in [7, 11) is 0. The fourth-order valence-electron chi connectivity index (χ4n) is 4.35. The lowest BCUT2D eigenvalue weighted by Gasteiger charge is -2.31. The first kappa shape index (κ1) is 20.8. The van der Waals surface area contributed by atoms with Gasteiger partial charge in [-0.05, 0) is 44.1 Å². The number of anilines is 1. The van der Waals surface area contributed by atoms with E-state index in [2.05, 4.69) is 15.5 Å². The quantitative estimate of drug-likeness (QED) is 0.510. The summed E-state index contributed by atoms with van der Waals surface area (Å²) in [5.74, 6) is 1.55. The number of rotatable bonds is 5. The van der Waals surface area contributed by atoms with Crippen molar-refractivity contribution in [2.45, 2.75) is 57.8 Å². The minimum Gasteiger partial charge on any atom is -0.448 e. The van der Waals surface area contributed by atoms with Gasteiger partial charge in [0.15, 0.2) is 22.1 Å². The molecule has 8 heteroatoms. The Morgan fingerprint density at radius 3 is 2.66 bits per heavy atom. The molecule has 2 N–H and O–H groups in total. The Balaban J connectivity index is 1.24. The molecule has 1 fully saturated rings. The van der Waals surface area contributed by atoms with Crippen LogP contribution >= 0.6 is 12.2 Å². The van der Waals surface area contributed by atoms with Gasteiger partial charge in [-0.3, -0.25) is 14.5 Å². The lowest BCUT2D eigenvalue weighted by molar-refractivity contribution is -0.116. The number of carbonyl (C=O) groups excluding carboxylic acids is 1. The number of fused-ring (bicyclic) bond motifs is 1. The van der Waals surface area contributed by atoms with Crippen LogP contribution in [0.5, 0.6) is 11.5 Å². The van der Waals surface area contributed by atoms with Gasteiger partial charge in [0.2, 0.25) is 5.91 Å². The molecule has 32 heavy (non-hydrogen) atoms. The Labute approximate surface area is 191 Å². The van der Waals surface area contributed by atoms with Gasteiger partial charge in [0.25, 0.3) is 5.79 Å². The van der Waals surface area contributed by atoms with E-state index in [1.54, 1.807) is 0 Å². The van der Waals surface area contributed by atoms with Gasteiger partial charge < -0.3 is 14.8 Å². The molecule has 3 aromatic rings. The van der Waals surface area contributed by atoms with Crippen molar-refractivity contribution in [3.8, 4) is 22.9 Å². The van der Waals surface area contributed by atoms with E-state index in [0.29, 0.717) is 22.8 Å². The molecule has 0 atom stereocenters. The summed E-state index contributed by atoms with van der Waals surface area (Å²) < 4.78 is 14.6. The normalized spacial score (nSPS) is 16.3. The Hall–Kier alpha value is -3.13. The van der Waals surface area contributed by atoms with Crippen molar-refractivity contribution in [2.24, 2.45) is 0 Å². The minimum absolute atomic E-state index is 0.103. The maximum atomic E-state index is 12.6. The van der Waals surface area contributed by atoms with Crippen molar-refractivity contribution in [2.75, 3.05) is 5.32 Å². The van der Waals surface area contributed by atoms with Crippen molar-refractivity contribution in [1.82, 2.24) is 14.8 Å². The summed E-state index contributed by atoms with van der Waals surface area (Å²) in [5.41, 5.74) is 2.82. The molecule has 1 spiro atoms. The monoisotopic (exact) mass is 450 g/mol. The fourth-order valence-corrected chi connectivity index (χ4v) is 4.57. The molecule has 2 aliphatic rings. The highest BCUT2D eigenvalue weighted by molar-refractivity contribution is 7.71. The van der Waals surface area contributed by atoms with E-state index in [1.165, 1.54) is 12.0 Å². The maximum Gasteiger partial charge on any atom is 0.251 e. The van der Waals surface area contributed by atoms with Crippen LogP contribution in [0, 0.1) is 11.7 Å². The molecular formula is C24H26N4O3S. The third-order valence-corrected chi connectivity index (χ3v) is 6.38. The third kappa shape index (κ3) is 4.14. The van der Waals surface area contributed by atoms with E-state index in [9.17, 15) is 4.79 Å². The number of ether oxygens (including phenoxy) is 2. The van der Waals surface area contributed by atoms with E-state index >= 15 is 0 Å². The molecule has 1 aliphatic carbocycles. The largest absolute Gasteiger partial charge is 0.448 e. The second-order valence-electron chi connectivity index (χ2n) is 8.51. The van der Waals surface area contributed by atoms with Gasteiger partial charge in [-0.1, -0.05) is 36.2 Å². The van der Waals surface area contributed by atoms with Crippen LogP contribution < -0.4 is 14.8 Å². The van der Waals surface area contributed by atoms with E-state index in [4.69, 9.17) is 21.7 Å². The minimum atomic E-state index is -0.520. The number of H-pyrrole nitrogens is 1. The molecule has 2 heterocycles. The number of aromatic nitrogens is 3. The molecule has 1 amide bonds. The maximum absolute atomic E-state index is 12.6. The number of nitrogens with one attached hydrogen (secondary N) is 2. The number of amides is 1. The summed E-state index contributed by atoms with van der Waals surface area (Å²) in [6, 6.07) is 13.6. The molecule has 1 aromatic heterocycles. The van der Waals surface area contributed by atoms with Crippen LogP contribution in [-0.4, -0.2) is 26.5 Å². The zero-order valence-corrected chi connectivity index (χ0v) is 18.8. The van der Waals surface area contributed by atoms with Crippen molar-refractivity contribution in [1.29, 1.82) is 0 Å². The van der Waals surface area contributed by atoms with Crippen LogP contribution in [0.2, 0.25) is 0 Å². The molecule has 0 unspecified atom stereocenters. The van der Waals surface area contributed by atoms with E-state index in [-0.39, 0.29) is 12.3 Å². The second-order valence-corrected chi connectivity index (χ2v) is 8.89. The van der Waals surface area contributed by atoms with E-state index in [1.807, 2.05) is 54.0 Å². The molecule has 0 bridgehead atoms. The number of benzene rings is 2. The summed E-state index contributed by atoms with van der Waals surface area (Å²) in [4.78, 5) is 12.6. The average Bonchev–Trinajstić information content (AvgIpc) is 3.32. The van der Waals surface area contributed by atoms with E-state index in [0.717, 1.165) is 42.8 Å². The highest BCUT2D eigenvalue weighted by atomic mass is 32.1. The Kier molecular flexibility index (Phi) is 5.46. The SMILES string of the molecule is Cc1ccc(-c2n[nH]c(=S)n2CCC(=O)Nc2ccc3c(c2)OC2(CCCCC2)O3)cc1. The van der Waals surface area contributed by atoms with Gasteiger partial charge in [0, 0.05) is 43.1 Å². The van der Waals surface area contributed by atoms with Crippen LogP contribution in [-0.2, 0) is 11.3 Å². The van der Waals surface area contributed by atoms with Crippen molar-refractivity contribution in [3.05, 3.63) is 52.8 Å². The molecule has 7 nitrogen and oxygen atoms in total. The Morgan fingerprint density at radius 1 is 1.12 bits per heavy atom. The van der Waals surface area contributed by atoms with Crippen LogP contribution in [0.3, 0.4) is 0 Å². The lowest BCUT2D eigenvalue weighted by atomic mass is 9.94. The van der Waals surface area contributed by atoms with Gasteiger partial charge in [-0.15, -0.1) is 0 Å². The van der Waals surface area contributed by atoms with Crippen LogP contribution in [0.4, 0.5) is 5.69 Å². The van der Waals surface area contributed by atoms with Gasteiger partial charge >= 0.3 is 0 Å². The number of carbonyl (C=O) groups is 1. The summed E-state index contributed by atoms with van der Waals surface area (Å²) in [5, 5.41) is 10.1. The van der Waals surface area contributed by atoms with Gasteiger partial charge in [0.05, 0.1) is 0 Å². The Morgan fingerprint density at radius 2 is 1.88 bits per heavy atom. The summed E-state index contributed by atoms with van der Waals surface area (Å²) in [6.07, 6.45) is 5.51. The highest BCUT2D eigenvalue weighted by Gasteiger charge is 2.42. The number of aryl methyl sites for hydroxylation is 1. The molecule has 166 valence electrons. The topological polar surface area (TPSA) is 81.2 Å². The van der Waals surface area contributed by atoms with Gasteiger partial charge in [-0.2, -0.15) is 5.10 Å². The second kappa shape index (κ2) is 8.43. The van der Waals surface area contributed by atoms with Crippen LogP contribution in [0.15, 0.2) is 42.5 Å². The number of hydrogen-bond donors (Lipinski definition) is 2.